The lowest BCUT2D eigenvalue weighted by atomic mass is 9.94. The summed E-state index contributed by atoms with van der Waals surface area (Å²) in [6.45, 7) is 6.20. The largest absolute Gasteiger partial charge is 0.317 e. The van der Waals surface area contributed by atoms with Gasteiger partial charge in [-0.15, -0.1) is 0 Å². The Bertz CT molecular complexity index is 105. The first-order valence-corrected chi connectivity index (χ1v) is 4.47. The average Bonchev–Trinajstić information content (AvgIpc) is 1.87. The van der Waals surface area contributed by atoms with Gasteiger partial charge in [-0.2, -0.15) is 0 Å². The van der Waals surface area contributed by atoms with Crippen LogP contribution in [0.5, 0.6) is 0 Å². The van der Waals surface area contributed by atoms with Crippen LogP contribution in [0.2, 0.25) is 0 Å². The predicted octanol–water partition coefficient (Wildman–Crippen LogP) is 2.73. The molecule has 0 aromatic heterocycles. The van der Waals surface area contributed by atoms with Crippen LogP contribution in [-0.4, -0.2) is 13.1 Å². The average molecular weight is 155 g/mol. The van der Waals surface area contributed by atoms with Crippen LogP contribution < -0.4 is 5.32 Å². The summed E-state index contributed by atoms with van der Waals surface area (Å²) in [4.78, 5) is 0. The second-order valence-electron chi connectivity index (χ2n) is 3.28. The third kappa shape index (κ3) is 6.11. The predicted molar refractivity (Wildman–Crippen MR) is 51.8 cm³/mol. The Morgan fingerprint density at radius 1 is 1.36 bits per heavy atom. The van der Waals surface area contributed by atoms with Crippen LogP contribution in [-0.2, 0) is 0 Å². The highest BCUT2D eigenvalue weighted by Gasteiger charge is 2.13. The van der Waals surface area contributed by atoms with E-state index in [4.69, 9.17) is 0 Å². The van der Waals surface area contributed by atoms with E-state index in [2.05, 4.69) is 25.2 Å². The summed E-state index contributed by atoms with van der Waals surface area (Å²) in [6.07, 6.45) is 6.32. The summed E-state index contributed by atoms with van der Waals surface area (Å²) in [6, 6.07) is 0.866. The molecule has 11 heavy (non-hydrogen) atoms. The van der Waals surface area contributed by atoms with Crippen molar-refractivity contribution in [3.05, 3.63) is 11.6 Å². The van der Waals surface area contributed by atoms with Crippen molar-refractivity contribution >= 4 is 0 Å². The Hall–Kier alpha value is -0.300. The highest BCUT2D eigenvalue weighted by atomic mass is 14.9. The van der Waals surface area contributed by atoms with Crippen molar-refractivity contribution < 1.29 is 0 Å². The number of rotatable bonds is 1. The van der Waals surface area contributed by atoms with E-state index in [1.807, 2.05) is 14.0 Å². The summed E-state index contributed by atoms with van der Waals surface area (Å²) < 4.78 is 0. The molecular weight excluding hydrogens is 134 g/mol. The van der Waals surface area contributed by atoms with Crippen molar-refractivity contribution in [3.63, 3.8) is 0 Å². The number of hydrogen-bond donors (Lipinski definition) is 1. The van der Waals surface area contributed by atoms with Crippen LogP contribution in [0.15, 0.2) is 11.6 Å². The minimum Gasteiger partial charge on any atom is -0.317 e. The van der Waals surface area contributed by atoms with Crippen LogP contribution in [0, 0.1) is 0 Å². The highest BCUT2D eigenvalue weighted by Crippen LogP contribution is 2.16. The second-order valence-corrected chi connectivity index (χ2v) is 3.28. The molecular formula is C10H21N. The van der Waals surface area contributed by atoms with Crippen molar-refractivity contribution in [1.29, 1.82) is 0 Å². The number of allylic oxidation sites excluding steroid dienone is 2. The van der Waals surface area contributed by atoms with Crippen molar-refractivity contribution in [2.75, 3.05) is 7.05 Å². The van der Waals surface area contributed by atoms with Crippen molar-refractivity contribution in [3.8, 4) is 0 Å². The molecule has 0 aromatic rings. The quantitative estimate of drug-likeness (QED) is 0.574. The SMILES string of the molecule is CC=C(C)C.CNC1CCC1. The molecule has 1 fully saturated rings. The summed E-state index contributed by atoms with van der Waals surface area (Å²) >= 11 is 0. The van der Waals surface area contributed by atoms with Crippen molar-refractivity contribution in [1.82, 2.24) is 5.32 Å². The van der Waals surface area contributed by atoms with E-state index >= 15 is 0 Å². The van der Waals surface area contributed by atoms with Crippen LogP contribution in [0.3, 0.4) is 0 Å². The molecule has 1 rings (SSSR count). The first-order chi connectivity index (χ1) is 5.20. The maximum Gasteiger partial charge on any atom is 0.00640 e. The maximum absolute atomic E-state index is 3.20. The molecule has 0 heterocycles. The van der Waals surface area contributed by atoms with E-state index in [1.165, 1.54) is 24.8 Å². The molecule has 1 heteroatoms. The molecule has 1 saturated carbocycles. The van der Waals surface area contributed by atoms with Gasteiger partial charge in [0.2, 0.25) is 0 Å². The van der Waals surface area contributed by atoms with Gasteiger partial charge in [-0.25, -0.2) is 0 Å². The van der Waals surface area contributed by atoms with Gasteiger partial charge in [-0.05, 0) is 40.7 Å². The van der Waals surface area contributed by atoms with Crippen molar-refractivity contribution in [2.45, 2.75) is 46.1 Å². The van der Waals surface area contributed by atoms with E-state index < -0.39 is 0 Å². The molecule has 0 aliphatic heterocycles. The summed E-state index contributed by atoms with van der Waals surface area (Å²) in [5.74, 6) is 0. The van der Waals surface area contributed by atoms with E-state index in [0.717, 1.165) is 6.04 Å². The molecule has 1 aliphatic rings. The zero-order valence-corrected chi connectivity index (χ0v) is 8.28. The van der Waals surface area contributed by atoms with Crippen molar-refractivity contribution in [2.24, 2.45) is 0 Å². The molecule has 0 aromatic carbocycles. The molecule has 0 amide bonds. The lowest BCUT2D eigenvalue weighted by Gasteiger charge is -2.23. The highest BCUT2D eigenvalue weighted by molar-refractivity contribution is 4.88. The topological polar surface area (TPSA) is 12.0 Å². The number of nitrogens with one attached hydrogen (secondary N) is 1. The van der Waals surface area contributed by atoms with Crippen LogP contribution in [0.25, 0.3) is 0 Å². The Labute approximate surface area is 70.9 Å². The van der Waals surface area contributed by atoms with E-state index in [1.54, 1.807) is 0 Å². The molecule has 1 aliphatic carbocycles. The zero-order valence-electron chi connectivity index (χ0n) is 8.28. The molecule has 0 saturated heterocycles. The van der Waals surface area contributed by atoms with Gasteiger partial charge in [0.1, 0.15) is 0 Å². The minimum atomic E-state index is 0.866. The summed E-state index contributed by atoms with van der Waals surface area (Å²) in [7, 11) is 2.03. The van der Waals surface area contributed by atoms with E-state index in [0.29, 0.717) is 0 Å². The fraction of sp³-hybridized carbons (Fsp3) is 0.800. The molecule has 0 bridgehead atoms. The summed E-state index contributed by atoms with van der Waals surface area (Å²) in [5.41, 5.74) is 1.38. The fourth-order valence-electron chi connectivity index (χ4n) is 0.697. The van der Waals surface area contributed by atoms with Gasteiger partial charge in [0.05, 0.1) is 0 Å². The van der Waals surface area contributed by atoms with Gasteiger partial charge in [0.15, 0.2) is 0 Å². The minimum absolute atomic E-state index is 0.866. The van der Waals surface area contributed by atoms with E-state index in [9.17, 15) is 0 Å². The van der Waals surface area contributed by atoms with Gasteiger partial charge < -0.3 is 5.32 Å². The smallest absolute Gasteiger partial charge is 0.00640 e. The molecule has 0 unspecified atom stereocenters. The second kappa shape index (κ2) is 6.41. The van der Waals surface area contributed by atoms with Gasteiger partial charge in [0, 0.05) is 6.04 Å². The first kappa shape index (κ1) is 10.7. The molecule has 1 nitrogen and oxygen atoms in total. The van der Waals surface area contributed by atoms with Crippen LogP contribution >= 0.6 is 0 Å². The van der Waals surface area contributed by atoms with Gasteiger partial charge in [0.25, 0.3) is 0 Å². The monoisotopic (exact) mass is 155 g/mol. The lowest BCUT2D eigenvalue weighted by molar-refractivity contribution is 0.361. The molecule has 0 atom stereocenters. The Morgan fingerprint density at radius 2 is 1.82 bits per heavy atom. The molecule has 0 radical (unpaired) electrons. The third-order valence-electron chi connectivity index (χ3n) is 2.09. The van der Waals surface area contributed by atoms with Gasteiger partial charge >= 0.3 is 0 Å². The maximum atomic E-state index is 3.20. The Morgan fingerprint density at radius 3 is 1.82 bits per heavy atom. The van der Waals surface area contributed by atoms with Crippen LogP contribution in [0.1, 0.15) is 40.0 Å². The molecule has 66 valence electrons. The first-order valence-electron chi connectivity index (χ1n) is 4.47. The summed E-state index contributed by atoms with van der Waals surface area (Å²) in [5, 5.41) is 3.20. The van der Waals surface area contributed by atoms with Gasteiger partial charge in [-0.3, -0.25) is 0 Å². The van der Waals surface area contributed by atoms with Crippen LogP contribution in [0.4, 0.5) is 0 Å². The Balaban J connectivity index is 0.000000187. The molecule has 1 N–H and O–H groups in total. The standard InChI is InChI=1S/C5H11N.C5H10/c1-6-5-3-2-4-5;1-4-5(2)3/h5-6H,2-4H2,1H3;4H,1-3H3. The number of hydrogen-bond acceptors (Lipinski definition) is 1. The third-order valence-corrected chi connectivity index (χ3v) is 2.09. The zero-order chi connectivity index (χ0) is 8.69. The Kier molecular flexibility index (Phi) is 6.24. The normalized spacial score (nSPS) is 16.0. The molecule has 0 spiro atoms. The van der Waals surface area contributed by atoms with Gasteiger partial charge in [-0.1, -0.05) is 18.1 Å². The lowest BCUT2D eigenvalue weighted by Crippen LogP contribution is -2.31. The fourth-order valence-corrected chi connectivity index (χ4v) is 0.697. The van der Waals surface area contributed by atoms with E-state index in [-0.39, 0.29) is 0 Å².